The van der Waals surface area contributed by atoms with Gasteiger partial charge in [-0.2, -0.15) is 0 Å². The van der Waals surface area contributed by atoms with Gasteiger partial charge in [-0.05, 0) is 63.8 Å². The summed E-state index contributed by atoms with van der Waals surface area (Å²) in [4.78, 5) is 0. The van der Waals surface area contributed by atoms with Gasteiger partial charge in [-0.1, -0.05) is 161 Å². The first-order valence-corrected chi connectivity index (χ1v) is 19.5. The smallest absolute Gasteiger partial charge is 0.168 e. The van der Waals surface area contributed by atoms with Crippen LogP contribution < -0.4 is 5.73 Å². The summed E-state index contributed by atoms with van der Waals surface area (Å²) < 4.78 is 12.9. The van der Waals surface area contributed by atoms with Gasteiger partial charge < -0.3 is 15.2 Å². The van der Waals surface area contributed by atoms with E-state index in [0.717, 1.165) is 38.2 Å². The Morgan fingerprint density at radius 3 is 1.65 bits per heavy atom. The quantitative estimate of drug-likeness (QED) is 0.0614. The van der Waals surface area contributed by atoms with Crippen molar-refractivity contribution in [3.05, 3.63) is 24.3 Å². The van der Waals surface area contributed by atoms with Crippen LogP contribution in [0.4, 0.5) is 0 Å². The molecule has 0 amide bonds. The lowest BCUT2D eigenvalue weighted by atomic mass is 9.95. The molecule has 0 aliphatic carbocycles. The van der Waals surface area contributed by atoms with Crippen LogP contribution in [0.2, 0.25) is 0 Å². The number of rotatable bonds is 32. The molecule has 3 nitrogen and oxygen atoms in total. The van der Waals surface area contributed by atoms with Gasteiger partial charge in [-0.15, -0.1) is 0 Å². The molecule has 1 rings (SSSR count). The van der Waals surface area contributed by atoms with Gasteiger partial charge in [0.05, 0.1) is 12.7 Å². The SMILES string of the molecule is CCCCC/C=C\C/C=C/CCCCCCCC1(CCCCCCCCC(C)CCCCCCCC)OCC(CCN)O1. The number of unbranched alkanes of at least 4 members (excludes halogenated alkanes) is 18. The number of hydrogen-bond acceptors (Lipinski definition) is 3. The highest BCUT2D eigenvalue weighted by atomic mass is 16.7. The van der Waals surface area contributed by atoms with Crippen LogP contribution >= 0.6 is 0 Å². The van der Waals surface area contributed by atoms with Gasteiger partial charge >= 0.3 is 0 Å². The number of allylic oxidation sites excluding steroid dienone is 4. The van der Waals surface area contributed by atoms with Crippen LogP contribution in [0.25, 0.3) is 0 Å². The third-order valence-corrected chi connectivity index (χ3v) is 9.47. The molecule has 0 aromatic rings. The van der Waals surface area contributed by atoms with E-state index in [9.17, 15) is 0 Å². The second kappa shape index (κ2) is 30.0. The van der Waals surface area contributed by atoms with Crippen molar-refractivity contribution < 1.29 is 9.47 Å². The summed E-state index contributed by atoms with van der Waals surface area (Å²) in [6.07, 6.45) is 46.2. The zero-order valence-corrected chi connectivity index (χ0v) is 29.6. The molecule has 1 fully saturated rings. The zero-order chi connectivity index (χ0) is 31.1. The molecular weight excluding hydrogens is 526 g/mol. The van der Waals surface area contributed by atoms with E-state index in [-0.39, 0.29) is 11.9 Å². The number of ether oxygens (including phenoxy) is 2. The van der Waals surface area contributed by atoms with E-state index in [1.165, 1.54) is 154 Å². The summed E-state index contributed by atoms with van der Waals surface area (Å²) in [6.45, 7) is 8.46. The van der Waals surface area contributed by atoms with Crippen molar-refractivity contribution in [2.75, 3.05) is 13.2 Å². The zero-order valence-electron chi connectivity index (χ0n) is 29.6. The molecule has 254 valence electrons. The van der Waals surface area contributed by atoms with Crippen molar-refractivity contribution in [1.29, 1.82) is 0 Å². The molecule has 0 radical (unpaired) electrons. The highest BCUT2D eigenvalue weighted by molar-refractivity contribution is 4.92. The molecule has 1 heterocycles. The molecule has 43 heavy (non-hydrogen) atoms. The van der Waals surface area contributed by atoms with Gasteiger partial charge in [0.25, 0.3) is 0 Å². The van der Waals surface area contributed by atoms with Crippen molar-refractivity contribution in [1.82, 2.24) is 0 Å². The average Bonchev–Trinajstić information content (AvgIpc) is 3.41. The summed E-state index contributed by atoms with van der Waals surface area (Å²) >= 11 is 0. The van der Waals surface area contributed by atoms with E-state index in [1.807, 2.05) is 0 Å². The second-order valence-electron chi connectivity index (χ2n) is 13.8. The maximum absolute atomic E-state index is 6.52. The predicted octanol–water partition coefficient (Wildman–Crippen LogP) is 12.8. The van der Waals surface area contributed by atoms with Gasteiger partial charge in [-0.25, -0.2) is 0 Å². The molecule has 0 spiro atoms. The summed E-state index contributed by atoms with van der Waals surface area (Å²) in [5.74, 6) is 0.580. The fourth-order valence-corrected chi connectivity index (χ4v) is 6.55. The van der Waals surface area contributed by atoms with Crippen LogP contribution in [0, 0.1) is 5.92 Å². The topological polar surface area (TPSA) is 44.5 Å². The number of hydrogen-bond donors (Lipinski definition) is 1. The van der Waals surface area contributed by atoms with E-state index in [2.05, 4.69) is 45.1 Å². The van der Waals surface area contributed by atoms with Gasteiger partial charge in [0, 0.05) is 12.8 Å². The summed E-state index contributed by atoms with van der Waals surface area (Å²) in [5.41, 5.74) is 5.83. The van der Waals surface area contributed by atoms with Gasteiger partial charge in [0.2, 0.25) is 0 Å². The Balaban J connectivity index is 2.10. The normalized spacial score (nSPS) is 19.8. The molecular formula is C40H77NO2. The van der Waals surface area contributed by atoms with Crippen molar-refractivity contribution in [3.8, 4) is 0 Å². The minimum atomic E-state index is -0.335. The Bertz CT molecular complexity index is 632. The molecule has 3 heteroatoms. The lowest BCUT2D eigenvalue weighted by Crippen LogP contribution is -2.31. The summed E-state index contributed by atoms with van der Waals surface area (Å²) in [7, 11) is 0. The largest absolute Gasteiger partial charge is 0.347 e. The molecule has 0 bridgehead atoms. The highest BCUT2D eigenvalue weighted by Gasteiger charge is 2.40. The fourth-order valence-electron chi connectivity index (χ4n) is 6.55. The van der Waals surface area contributed by atoms with Crippen LogP contribution in [0.5, 0.6) is 0 Å². The number of nitrogens with two attached hydrogens (primary N) is 1. The average molecular weight is 604 g/mol. The Morgan fingerprint density at radius 1 is 0.628 bits per heavy atom. The van der Waals surface area contributed by atoms with Crippen LogP contribution in [0.1, 0.15) is 201 Å². The van der Waals surface area contributed by atoms with E-state index in [1.54, 1.807) is 0 Å². The van der Waals surface area contributed by atoms with E-state index >= 15 is 0 Å². The lowest BCUT2D eigenvalue weighted by molar-refractivity contribution is -0.179. The molecule has 0 aromatic heterocycles. The van der Waals surface area contributed by atoms with E-state index in [4.69, 9.17) is 15.2 Å². The van der Waals surface area contributed by atoms with Crippen LogP contribution in [-0.2, 0) is 9.47 Å². The Labute approximate surface area is 270 Å². The van der Waals surface area contributed by atoms with Gasteiger partial charge in [0.15, 0.2) is 5.79 Å². The Hall–Kier alpha value is -0.640. The molecule has 0 saturated carbocycles. The molecule has 1 saturated heterocycles. The third kappa shape index (κ3) is 24.3. The fraction of sp³-hybridized carbons (Fsp3) is 0.900. The molecule has 3 atom stereocenters. The van der Waals surface area contributed by atoms with Crippen molar-refractivity contribution in [2.24, 2.45) is 11.7 Å². The minimum absolute atomic E-state index is 0.196. The molecule has 0 aromatic carbocycles. The highest BCUT2D eigenvalue weighted by Crippen LogP contribution is 2.35. The molecule has 2 N–H and O–H groups in total. The maximum Gasteiger partial charge on any atom is 0.168 e. The molecule has 1 aliphatic heterocycles. The first kappa shape index (κ1) is 40.4. The van der Waals surface area contributed by atoms with Gasteiger partial charge in [-0.3, -0.25) is 0 Å². The summed E-state index contributed by atoms with van der Waals surface area (Å²) in [6, 6.07) is 0. The van der Waals surface area contributed by atoms with E-state index < -0.39 is 0 Å². The molecule has 1 aliphatic rings. The van der Waals surface area contributed by atoms with Crippen LogP contribution in [0.3, 0.4) is 0 Å². The third-order valence-electron chi connectivity index (χ3n) is 9.47. The van der Waals surface area contributed by atoms with E-state index in [0.29, 0.717) is 6.54 Å². The van der Waals surface area contributed by atoms with Crippen LogP contribution in [-0.4, -0.2) is 25.0 Å². The van der Waals surface area contributed by atoms with Gasteiger partial charge in [0.1, 0.15) is 0 Å². The first-order valence-electron chi connectivity index (χ1n) is 19.5. The van der Waals surface area contributed by atoms with Crippen molar-refractivity contribution >= 4 is 0 Å². The maximum atomic E-state index is 6.52. The molecule has 3 unspecified atom stereocenters. The summed E-state index contributed by atoms with van der Waals surface area (Å²) in [5, 5.41) is 0. The second-order valence-corrected chi connectivity index (χ2v) is 13.8. The predicted molar refractivity (Wildman–Crippen MR) is 191 cm³/mol. The lowest BCUT2D eigenvalue weighted by Gasteiger charge is -2.28. The van der Waals surface area contributed by atoms with Crippen molar-refractivity contribution in [3.63, 3.8) is 0 Å². The standard InChI is InChI=1S/C40H77NO2/c1-4-6-8-10-12-13-14-15-16-17-18-19-21-25-29-34-40(42-37-39(43-40)33-36-41)35-30-26-22-20-24-28-32-38(3)31-27-23-11-9-7-5-2/h12-13,15-16,38-39H,4-11,14,17-37,41H2,1-3H3/b13-12-,16-15+. The first-order chi connectivity index (χ1) is 21.2. The van der Waals surface area contributed by atoms with Crippen molar-refractivity contribution in [2.45, 2.75) is 212 Å². The Morgan fingerprint density at radius 2 is 1.09 bits per heavy atom. The monoisotopic (exact) mass is 604 g/mol. The Kier molecular flexibility index (Phi) is 28.2. The minimum Gasteiger partial charge on any atom is -0.347 e. The van der Waals surface area contributed by atoms with Crippen LogP contribution in [0.15, 0.2) is 24.3 Å².